The van der Waals surface area contributed by atoms with Gasteiger partial charge in [0.2, 0.25) is 5.91 Å². The van der Waals surface area contributed by atoms with E-state index in [9.17, 15) is 4.79 Å². The van der Waals surface area contributed by atoms with Gasteiger partial charge in [0.25, 0.3) is 0 Å². The molecule has 1 aliphatic rings. The van der Waals surface area contributed by atoms with Gasteiger partial charge in [-0.1, -0.05) is 6.07 Å². The van der Waals surface area contributed by atoms with Crippen LogP contribution in [0.2, 0.25) is 0 Å². The van der Waals surface area contributed by atoms with Crippen molar-refractivity contribution in [3.05, 3.63) is 23.8 Å². The highest BCUT2D eigenvalue weighted by Crippen LogP contribution is 2.29. The van der Waals surface area contributed by atoms with Crippen LogP contribution in [0.5, 0.6) is 0 Å². The summed E-state index contributed by atoms with van der Waals surface area (Å²) in [5, 5.41) is 2.96. The lowest BCUT2D eigenvalue weighted by molar-refractivity contribution is -0.120. The van der Waals surface area contributed by atoms with Crippen molar-refractivity contribution < 1.29 is 4.79 Å². The Labute approximate surface area is 115 Å². The molecule has 0 saturated heterocycles. The van der Waals surface area contributed by atoms with Crippen molar-refractivity contribution in [2.45, 2.75) is 32.7 Å². The standard InChI is InChI=1S/C15H23N3O/c1-10-4-7-13(16)8-14(10)17-15(19)11(2)18(3)9-12-5-6-12/h4,7-8,11-12H,5-6,9,16H2,1-3H3,(H,17,19). The van der Waals surface area contributed by atoms with E-state index >= 15 is 0 Å². The summed E-state index contributed by atoms with van der Waals surface area (Å²) in [5.74, 6) is 0.811. The molecule has 1 aromatic carbocycles. The average molecular weight is 261 g/mol. The van der Waals surface area contributed by atoms with Crippen LogP contribution in [-0.2, 0) is 4.79 Å². The molecule has 1 fully saturated rings. The van der Waals surface area contributed by atoms with Gasteiger partial charge >= 0.3 is 0 Å². The second-order valence-corrected chi connectivity index (χ2v) is 5.62. The van der Waals surface area contributed by atoms with E-state index in [1.165, 1.54) is 12.8 Å². The molecule has 0 spiro atoms. The zero-order valence-corrected chi connectivity index (χ0v) is 11.9. The van der Waals surface area contributed by atoms with E-state index in [2.05, 4.69) is 10.2 Å². The summed E-state index contributed by atoms with van der Waals surface area (Å²) in [5.41, 5.74) is 8.25. The quantitative estimate of drug-likeness (QED) is 0.799. The second kappa shape index (κ2) is 5.61. The summed E-state index contributed by atoms with van der Waals surface area (Å²) in [6.45, 7) is 4.91. The number of nitrogens with one attached hydrogen (secondary N) is 1. The van der Waals surface area contributed by atoms with Crippen LogP contribution in [0.4, 0.5) is 11.4 Å². The lowest BCUT2D eigenvalue weighted by Gasteiger charge is -2.24. The van der Waals surface area contributed by atoms with Crippen LogP contribution in [-0.4, -0.2) is 30.4 Å². The van der Waals surface area contributed by atoms with Crippen LogP contribution in [0.15, 0.2) is 18.2 Å². The summed E-state index contributed by atoms with van der Waals surface area (Å²) >= 11 is 0. The summed E-state index contributed by atoms with van der Waals surface area (Å²) < 4.78 is 0. The number of benzene rings is 1. The molecule has 0 radical (unpaired) electrons. The van der Waals surface area contributed by atoms with Gasteiger partial charge in [-0.25, -0.2) is 0 Å². The third kappa shape index (κ3) is 3.70. The van der Waals surface area contributed by atoms with Gasteiger partial charge in [0.15, 0.2) is 0 Å². The van der Waals surface area contributed by atoms with E-state index in [-0.39, 0.29) is 11.9 Å². The zero-order chi connectivity index (χ0) is 14.0. The molecular weight excluding hydrogens is 238 g/mol. The molecule has 0 bridgehead atoms. The molecule has 4 heteroatoms. The third-order valence-electron chi connectivity index (χ3n) is 3.80. The molecule has 1 atom stereocenters. The molecule has 19 heavy (non-hydrogen) atoms. The molecule has 3 N–H and O–H groups in total. The number of nitrogens with two attached hydrogens (primary N) is 1. The summed E-state index contributed by atoms with van der Waals surface area (Å²) in [6, 6.07) is 5.44. The fourth-order valence-corrected chi connectivity index (χ4v) is 2.08. The van der Waals surface area contributed by atoms with Crippen LogP contribution in [0.25, 0.3) is 0 Å². The number of anilines is 2. The lowest BCUT2D eigenvalue weighted by Crippen LogP contribution is -2.40. The topological polar surface area (TPSA) is 58.4 Å². The predicted octanol–water partition coefficient (Wildman–Crippen LogP) is 2.25. The molecule has 2 rings (SSSR count). The van der Waals surface area contributed by atoms with E-state index in [4.69, 9.17) is 5.73 Å². The summed E-state index contributed by atoms with van der Waals surface area (Å²) in [6.07, 6.45) is 2.60. The second-order valence-electron chi connectivity index (χ2n) is 5.62. The van der Waals surface area contributed by atoms with Gasteiger partial charge < -0.3 is 11.1 Å². The maximum absolute atomic E-state index is 12.2. The molecule has 1 amide bonds. The van der Waals surface area contributed by atoms with Crippen molar-refractivity contribution in [1.82, 2.24) is 4.90 Å². The summed E-state index contributed by atoms with van der Waals surface area (Å²) in [7, 11) is 2.01. The summed E-state index contributed by atoms with van der Waals surface area (Å²) in [4.78, 5) is 14.3. The van der Waals surface area contributed by atoms with Crippen molar-refractivity contribution in [3.63, 3.8) is 0 Å². The van der Waals surface area contributed by atoms with E-state index in [0.29, 0.717) is 5.69 Å². The Morgan fingerprint density at radius 1 is 1.53 bits per heavy atom. The van der Waals surface area contributed by atoms with Crippen molar-refractivity contribution in [3.8, 4) is 0 Å². The Morgan fingerprint density at radius 3 is 2.84 bits per heavy atom. The maximum atomic E-state index is 12.2. The minimum absolute atomic E-state index is 0.0249. The van der Waals surface area contributed by atoms with Gasteiger partial charge in [-0.3, -0.25) is 9.69 Å². The minimum Gasteiger partial charge on any atom is -0.399 e. The number of nitrogens with zero attached hydrogens (tertiary/aromatic N) is 1. The van der Waals surface area contributed by atoms with E-state index in [0.717, 1.165) is 23.7 Å². The highest BCUT2D eigenvalue weighted by atomic mass is 16.2. The first-order valence-corrected chi connectivity index (χ1v) is 6.84. The van der Waals surface area contributed by atoms with Crippen molar-refractivity contribution in [2.24, 2.45) is 5.92 Å². The molecule has 1 aromatic rings. The molecule has 1 unspecified atom stereocenters. The molecule has 4 nitrogen and oxygen atoms in total. The molecule has 0 heterocycles. The van der Waals surface area contributed by atoms with Crippen molar-refractivity contribution >= 4 is 17.3 Å². The number of carbonyl (C=O) groups excluding carboxylic acids is 1. The number of hydrogen-bond donors (Lipinski definition) is 2. The molecular formula is C15H23N3O. The Bertz CT molecular complexity index is 468. The molecule has 1 saturated carbocycles. The first-order valence-electron chi connectivity index (χ1n) is 6.84. The fraction of sp³-hybridized carbons (Fsp3) is 0.533. The molecule has 104 valence electrons. The van der Waals surface area contributed by atoms with E-state index in [1.54, 1.807) is 6.07 Å². The average Bonchev–Trinajstić information content (AvgIpc) is 3.16. The van der Waals surface area contributed by atoms with Crippen molar-refractivity contribution in [1.29, 1.82) is 0 Å². The third-order valence-corrected chi connectivity index (χ3v) is 3.80. The number of nitrogen functional groups attached to an aromatic ring is 1. The zero-order valence-electron chi connectivity index (χ0n) is 11.9. The SMILES string of the molecule is Cc1ccc(N)cc1NC(=O)C(C)N(C)CC1CC1. The number of amides is 1. The Kier molecular flexibility index (Phi) is 4.10. The smallest absolute Gasteiger partial charge is 0.241 e. The van der Waals surface area contributed by atoms with Crippen LogP contribution in [0, 0.1) is 12.8 Å². The van der Waals surface area contributed by atoms with Crippen LogP contribution < -0.4 is 11.1 Å². The predicted molar refractivity (Wildman–Crippen MR) is 79.0 cm³/mol. The number of carbonyl (C=O) groups is 1. The Hall–Kier alpha value is -1.55. The van der Waals surface area contributed by atoms with Gasteiger partial charge in [-0.05, 0) is 57.4 Å². The largest absolute Gasteiger partial charge is 0.399 e. The van der Waals surface area contributed by atoms with Gasteiger partial charge in [-0.2, -0.15) is 0 Å². The normalized spacial score (nSPS) is 16.4. The Morgan fingerprint density at radius 2 is 2.21 bits per heavy atom. The fourth-order valence-electron chi connectivity index (χ4n) is 2.08. The lowest BCUT2D eigenvalue weighted by atomic mass is 10.1. The van der Waals surface area contributed by atoms with Gasteiger partial charge in [-0.15, -0.1) is 0 Å². The highest BCUT2D eigenvalue weighted by Gasteiger charge is 2.27. The molecule has 1 aliphatic carbocycles. The monoisotopic (exact) mass is 261 g/mol. The van der Waals surface area contributed by atoms with Gasteiger partial charge in [0.05, 0.1) is 6.04 Å². The minimum atomic E-state index is -0.124. The van der Waals surface area contributed by atoms with Crippen LogP contribution >= 0.6 is 0 Å². The first-order chi connectivity index (χ1) is 8.97. The Balaban J connectivity index is 1.97. The highest BCUT2D eigenvalue weighted by molar-refractivity contribution is 5.95. The number of likely N-dealkylation sites (N-methyl/N-ethyl adjacent to an activating group) is 1. The van der Waals surface area contributed by atoms with Crippen LogP contribution in [0.3, 0.4) is 0 Å². The van der Waals surface area contributed by atoms with Gasteiger partial charge in [0, 0.05) is 17.9 Å². The van der Waals surface area contributed by atoms with Gasteiger partial charge in [0.1, 0.15) is 0 Å². The number of rotatable bonds is 5. The number of aryl methyl sites for hydroxylation is 1. The van der Waals surface area contributed by atoms with E-state index < -0.39 is 0 Å². The maximum Gasteiger partial charge on any atom is 0.241 e. The molecule has 0 aromatic heterocycles. The first kappa shape index (κ1) is 13.9. The molecule has 0 aliphatic heterocycles. The number of hydrogen-bond acceptors (Lipinski definition) is 3. The van der Waals surface area contributed by atoms with Crippen molar-refractivity contribution in [2.75, 3.05) is 24.6 Å². The van der Waals surface area contributed by atoms with E-state index in [1.807, 2.05) is 33.0 Å². The van der Waals surface area contributed by atoms with Crippen LogP contribution in [0.1, 0.15) is 25.3 Å².